The second kappa shape index (κ2) is 5.30. The van der Waals surface area contributed by atoms with Crippen molar-refractivity contribution in [1.29, 1.82) is 0 Å². The number of fused-ring (bicyclic) bond motifs is 1. The van der Waals surface area contributed by atoms with Crippen molar-refractivity contribution in [3.63, 3.8) is 0 Å². The molecule has 2 aliphatic carbocycles. The maximum absolute atomic E-state index is 3.69. The summed E-state index contributed by atoms with van der Waals surface area (Å²) in [6, 6.07) is 0.646. The van der Waals surface area contributed by atoms with Crippen LogP contribution in [0.3, 0.4) is 0 Å². The predicted molar refractivity (Wildman–Crippen MR) is 74.0 cm³/mol. The normalized spacial score (nSPS) is 36.8. The number of rotatable bonds is 7. The van der Waals surface area contributed by atoms with Crippen molar-refractivity contribution in [1.82, 2.24) is 5.32 Å². The average molecular weight is 241 g/mol. The molecule has 0 aliphatic heterocycles. The van der Waals surface area contributed by atoms with Gasteiger partial charge in [-0.15, -0.1) is 0 Å². The van der Waals surface area contributed by atoms with Gasteiger partial charge in [0.1, 0.15) is 0 Å². The smallest absolute Gasteiger partial charge is 0.00107 e. The first-order chi connectivity index (χ1) is 7.65. The van der Waals surface area contributed by atoms with E-state index in [0.29, 0.717) is 11.5 Å². The van der Waals surface area contributed by atoms with Gasteiger partial charge in [0.15, 0.2) is 0 Å². The first-order valence-electron chi connectivity index (χ1n) is 6.96. The lowest BCUT2D eigenvalue weighted by atomic mass is 9.80. The molecule has 94 valence electrons. The van der Waals surface area contributed by atoms with Crippen LogP contribution in [0.15, 0.2) is 0 Å². The summed E-state index contributed by atoms with van der Waals surface area (Å²) < 4.78 is 0. The summed E-state index contributed by atoms with van der Waals surface area (Å²) in [5, 5.41) is 3.69. The van der Waals surface area contributed by atoms with E-state index in [-0.39, 0.29) is 0 Å². The minimum absolute atomic E-state index is 0.646. The molecule has 0 aromatic carbocycles. The summed E-state index contributed by atoms with van der Waals surface area (Å²) >= 11 is 2.12. The van der Waals surface area contributed by atoms with Crippen molar-refractivity contribution in [2.45, 2.75) is 52.5 Å². The molecule has 2 fully saturated rings. The van der Waals surface area contributed by atoms with Crippen LogP contribution < -0.4 is 5.32 Å². The van der Waals surface area contributed by atoms with Crippen LogP contribution in [-0.2, 0) is 0 Å². The third-order valence-corrected chi connectivity index (χ3v) is 5.23. The maximum atomic E-state index is 3.69. The van der Waals surface area contributed by atoms with E-state index in [1.54, 1.807) is 6.42 Å². The van der Waals surface area contributed by atoms with Gasteiger partial charge >= 0.3 is 0 Å². The van der Waals surface area contributed by atoms with Crippen LogP contribution in [0, 0.1) is 17.3 Å². The lowest BCUT2D eigenvalue weighted by Gasteiger charge is -2.32. The zero-order valence-electron chi connectivity index (χ0n) is 11.1. The third kappa shape index (κ3) is 3.16. The predicted octanol–water partition coefficient (Wildman–Crippen LogP) is 3.54. The number of hydrogen-bond donors (Lipinski definition) is 1. The molecule has 2 rings (SSSR count). The fourth-order valence-corrected chi connectivity index (χ4v) is 4.16. The van der Waals surface area contributed by atoms with Gasteiger partial charge in [-0.25, -0.2) is 0 Å². The Morgan fingerprint density at radius 1 is 1.31 bits per heavy atom. The van der Waals surface area contributed by atoms with E-state index < -0.39 is 0 Å². The first kappa shape index (κ1) is 12.8. The second-order valence-electron chi connectivity index (χ2n) is 6.15. The van der Waals surface area contributed by atoms with Crippen LogP contribution in [0.4, 0.5) is 0 Å². The zero-order chi connectivity index (χ0) is 11.6. The Balaban J connectivity index is 1.81. The summed E-state index contributed by atoms with van der Waals surface area (Å²) in [6.45, 7) is 8.08. The monoisotopic (exact) mass is 241 g/mol. The Kier molecular flexibility index (Phi) is 4.23. The molecule has 16 heavy (non-hydrogen) atoms. The molecule has 2 heteroatoms. The van der Waals surface area contributed by atoms with Crippen molar-refractivity contribution >= 4 is 11.8 Å². The molecule has 2 atom stereocenters. The highest BCUT2D eigenvalue weighted by molar-refractivity contribution is 7.99. The largest absolute Gasteiger partial charge is 0.314 e. The number of nitrogens with one attached hydrogen (secondary N) is 1. The van der Waals surface area contributed by atoms with Crippen molar-refractivity contribution in [2.24, 2.45) is 17.3 Å². The van der Waals surface area contributed by atoms with Crippen LogP contribution in [0.1, 0.15) is 46.5 Å². The van der Waals surface area contributed by atoms with Gasteiger partial charge in [0.2, 0.25) is 0 Å². The summed E-state index contributed by atoms with van der Waals surface area (Å²) in [5.41, 5.74) is 0.667. The third-order valence-electron chi connectivity index (χ3n) is 4.33. The molecule has 1 nitrogen and oxygen atoms in total. The molecule has 0 saturated heterocycles. The van der Waals surface area contributed by atoms with Gasteiger partial charge in [0, 0.05) is 12.6 Å². The Labute approximate surface area is 105 Å². The van der Waals surface area contributed by atoms with E-state index in [1.807, 2.05) is 0 Å². The van der Waals surface area contributed by atoms with Crippen molar-refractivity contribution < 1.29 is 0 Å². The van der Waals surface area contributed by atoms with Crippen molar-refractivity contribution in [2.75, 3.05) is 18.1 Å². The minimum atomic E-state index is 0.646. The summed E-state index contributed by atoms with van der Waals surface area (Å²) in [7, 11) is 0. The molecule has 1 N–H and O–H groups in total. The SMILES string of the molecule is CCSCCC1(CNC(C)C)CC2CC2C1. The fraction of sp³-hybridized carbons (Fsp3) is 1.00. The Bertz CT molecular complexity index is 217. The van der Waals surface area contributed by atoms with Gasteiger partial charge < -0.3 is 5.32 Å². The van der Waals surface area contributed by atoms with E-state index in [9.17, 15) is 0 Å². The summed E-state index contributed by atoms with van der Waals surface area (Å²) in [6.07, 6.45) is 6.02. The fourth-order valence-electron chi connectivity index (χ4n) is 3.30. The van der Waals surface area contributed by atoms with Gasteiger partial charge in [-0.3, -0.25) is 0 Å². The number of thioether (sulfide) groups is 1. The molecule has 0 radical (unpaired) electrons. The molecule has 2 saturated carbocycles. The molecule has 0 bridgehead atoms. The van der Waals surface area contributed by atoms with Crippen molar-refractivity contribution in [3.8, 4) is 0 Å². The maximum Gasteiger partial charge on any atom is 0.00107 e. The molecule has 0 aromatic heterocycles. The average Bonchev–Trinajstić information content (AvgIpc) is 2.85. The Morgan fingerprint density at radius 3 is 2.56 bits per heavy atom. The van der Waals surface area contributed by atoms with Gasteiger partial charge in [0.05, 0.1) is 0 Å². The van der Waals surface area contributed by atoms with Gasteiger partial charge in [-0.05, 0) is 54.4 Å². The van der Waals surface area contributed by atoms with Gasteiger partial charge in [-0.1, -0.05) is 20.8 Å². The Hall–Kier alpha value is 0.310. The van der Waals surface area contributed by atoms with E-state index in [4.69, 9.17) is 0 Å². The van der Waals surface area contributed by atoms with Crippen molar-refractivity contribution in [3.05, 3.63) is 0 Å². The van der Waals surface area contributed by atoms with Crippen LogP contribution in [-0.4, -0.2) is 24.1 Å². The highest BCUT2D eigenvalue weighted by Crippen LogP contribution is 2.61. The number of hydrogen-bond acceptors (Lipinski definition) is 2. The molecule has 0 heterocycles. The molecule has 0 spiro atoms. The molecular weight excluding hydrogens is 214 g/mol. The van der Waals surface area contributed by atoms with E-state index in [1.165, 1.54) is 37.3 Å². The van der Waals surface area contributed by atoms with E-state index in [2.05, 4.69) is 37.8 Å². The quantitative estimate of drug-likeness (QED) is 0.684. The Morgan fingerprint density at radius 2 is 2.00 bits per heavy atom. The van der Waals surface area contributed by atoms with E-state index >= 15 is 0 Å². The second-order valence-corrected chi connectivity index (χ2v) is 7.54. The minimum Gasteiger partial charge on any atom is -0.314 e. The van der Waals surface area contributed by atoms with Crippen LogP contribution in [0.25, 0.3) is 0 Å². The van der Waals surface area contributed by atoms with Gasteiger partial charge in [-0.2, -0.15) is 11.8 Å². The molecule has 0 amide bonds. The molecule has 2 unspecified atom stereocenters. The standard InChI is InChI=1S/C14H27NS/c1-4-16-6-5-14(10-15-11(2)3)8-12-7-13(12)9-14/h11-13,15H,4-10H2,1-3H3. The van der Waals surface area contributed by atoms with Crippen LogP contribution >= 0.6 is 11.8 Å². The lowest BCUT2D eigenvalue weighted by molar-refractivity contribution is 0.236. The highest BCUT2D eigenvalue weighted by Gasteiger charge is 2.52. The molecular formula is C14H27NS. The summed E-state index contributed by atoms with van der Waals surface area (Å²) in [4.78, 5) is 0. The lowest BCUT2D eigenvalue weighted by Crippen LogP contribution is -2.37. The highest BCUT2D eigenvalue weighted by atomic mass is 32.2. The van der Waals surface area contributed by atoms with E-state index in [0.717, 1.165) is 11.8 Å². The van der Waals surface area contributed by atoms with Crippen LogP contribution in [0.2, 0.25) is 0 Å². The zero-order valence-corrected chi connectivity index (χ0v) is 11.9. The first-order valence-corrected chi connectivity index (χ1v) is 8.12. The summed E-state index contributed by atoms with van der Waals surface area (Å²) in [5.74, 6) is 4.87. The van der Waals surface area contributed by atoms with Crippen LogP contribution in [0.5, 0.6) is 0 Å². The molecule has 2 aliphatic rings. The van der Waals surface area contributed by atoms with Gasteiger partial charge in [0.25, 0.3) is 0 Å². The molecule has 0 aromatic rings. The topological polar surface area (TPSA) is 12.0 Å².